The molecule has 0 unspecified atom stereocenters. The number of aromatic nitrogens is 1. The monoisotopic (exact) mass is 569 g/mol. The van der Waals surface area contributed by atoms with Gasteiger partial charge in [-0.3, -0.25) is 9.59 Å². The smallest absolute Gasteiger partial charge is 0.351 e. The molecule has 0 radical (unpaired) electrons. The highest BCUT2D eigenvalue weighted by Gasteiger charge is 2.78. The van der Waals surface area contributed by atoms with Crippen LogP contribution in [0, 0.1) is 35.5 Å². The summed E-state index contributed by atoms with van der Waals surface area (Å²) in [6, 6.07) is -1.05. The summed E-state index contributed by atoms with van der Waals surface area (Å²) in [6.07, 6.45) is -0.0246. The summed E-state index contributed by atoms with van der Waals surface area (Å²) in [7, 11) is 0. The third-order valence-electron chi connectivity index (χ3n) is 9.84. The number of aliphatic hydroxyl groups excluding tert-OH is 1. The quantitative estimate of drug-likeness (QED) is 0.505. The van der Waals surface area contributed by atoms with Gasteiger partial charge in [0.05, 0.1) is 17.3 Å². The molecule has 6 nitrogen and oxygen atoms in total. The molecule has 3 fully saturated rings. The predicted molar refractivity (Wildman–Crippen MR) is 137 cm³/mol. The number of fused-ring (bicyclic) bond motifs is 5. The number of allylic oxidation sites excluding steroid dienone is 4. The third kappa shape index (κ3) is 3.36. The molecule has 1 aromatic rings. The fraction of sp³-hybridized carbons (Fsp3) is 0.630. The number of aliphatic hydroxyl groups is 1. The number of ketones is 1. The summed E-state index contributed by atoms with van der Waals surface area (Å²) in [5.41, 5.74) is -5.23. The van der Waals surface area contributed by atoms with Crippen LogP contribution < -0.4 is 0 Å². The maximum Gasteiger partial charge on any atom is 0.351 e. The number of thiazole rings is 1. The van der Waals surface area contributed by atoms with Crippen molar-refractivity contribution >= 4 is 40.0 Å². The summed E-state index contributed by atoms with van der Waals surface area (Å²) in [4.78, 5) is 43.3. The van der Waals surface area contributed by atoms with Gasteiger partial charge in [-0.2, -0.15) is 0 Å². The van der Waals surface area contributed by atoms with Crippen LogP contribution in [0.3, 0.4) is 0 Å². The fourth-order valence-electron chi connectivity index (χ4n) is 8.06. The lowest BCUT2D eigenvalue weighted by Gasteiger charge is -2.63. The van der Waals surface area contributed by atoms with Crippen LogP contribution >= 0.6 is 23.1 Å². The van der Waals surface area contributed by atoms with Crippen LogP contribution in [-0.2, 0) is 14.3 Å². The second kappa shape index (κ2) is 9.02. The molecule has 5 rings (SSSR count). The fourth-order valence-corrected chi connectivity index (χ4v) is 9.53. The van der Waals surface area contributed by atoms with E-state index in [-0.39, 0.29) is 29.7 Å². The zero-order valence-corrected chi connectivity index (χ0v) is 23.1. The molecule has 0 spiro atoms. The Kier molecular flexibility index (Phi) is 6.55. The van der Waals surface area contributed by atoms with Crippen molar-refractivity contribution in [3.05, 3.63) is 39.9 Å². The molecule has 0 saturated heterocycles. The van der Waals surface area contributed by atoms with Crippen LogP contribution in [0.15, 0.2) is 29.3 Å². The van der Waals surface area contributed by atoms with Crippen LogP contribution in [0.1, 0.15) is 55.4 Å². The lowest BCUT2D eigenvalue weighted by molar-refractivity contribution is -0.221. The zero-order valence-electron chi connectivity index (χ0n) is 21.5. The molecule has 0 aromatic carbocycles. The minimum absolute atomic E-state index is 0.000119. The molecular weight excluding hydrogens is 539 g/mol. The maximum atomic E-state index is 17.4. The maximum absolute atomic E-state index is 17.4. The van der Waals surface area contributed by atoms with Gasteiger partial charge in [-0.15, -0.1) is 11.3 Å². The van der Waals surface area contributed by atoms with Gasteiger partial charge >= 0.3 is 5.97 Å². The first-order valence-electron chi connectivity index (χ1n) is 12.6. The molecule has 11 heteroatoms. The Bertz CT molecular complexity index is 1270. The first kappa shape index (κ1) is 27.6. The minimum atomic E-state index is -2.34. The molecule has 4 aliphatic carbocycles. The third-order valence-corrected chi connectivity index (χ3v) is 11.4. The summed E-state index contributed by atoms with van der Waals surface area (Å²) < 4.78 is 52.7. The van der Waals surface area contributed by atoms with Crippen molar-refractivity contribution in [3.63, 3.8) is 0 Å². The number of hydrogen-bond donors (Lipinski definition) is 1. The Hall–Kier alpha value is -1.98. The van der Waals surface area contributed by atoms with Gasteiger partial charge < -0.3 is 9.84 Å². The van der Waals surface area contributed by atoms with Crippen LogP contribution in [0.2, 0.25) is 0 Å². The number of hydrogen-bond acceptors (Lipinski definition) is 8. The summed E-state index contributed by atoms with van der Waals surface area (Å²) in [5, 5.41) is 10.8. The van der Waals surface area contributed by atoms with Gasteiger partial charge in [0.15, 0.2) is 17.1 Å². The average Bonchev–Trinajstić information content (AvgIpc) is 3.37. The molecule has 38 heavy (non-hydrogen) atoms. The Morgan fingerprint density at radius 1 is 1.29 bits per heavy atom. The molecular formula is C27H30F3NO5S2. The van der Waals surface area contributed by atoms with Crippen LogP contribution in [0.5, 0.6) is 0 Å². The molecule has 9 atom stereocenters. The van der Waals surface area contributed by atoms with Crippen molar-refractivity contribution in [1.82, 2.24) is 4.98 Å². The van der Waals surface area contributed by atoms with E-state index >= 15 is 8.78 Å². The second-order valence-electron chi connectivity index (χ2n) is 11.4. The molecule has 1 aromatic heterocycles. The number of esters is 1. The van der Waals surface area contributed by atoms with Gasteiger partial charge in [0.2, 0.25) is 5.12 Å². The van der Waals surface area contributed by atoms with Gasteiger partial charge in [0.1, 0.15) is 17.1 Å². The van der Waals surface area contributed by atoms with Gasteiger partial charge in [0, 0.05) is 22.7 Å². The van der Waals surface area contributed by atoms with Gasteiger partial charge in [0.25, 0.3) is 0 Å². The molecule has 0 aliphatic heterocycles. The molecule has 0 amide bonds. The number of rotatable bonds is 4. The number of nitrogens with zero attached hydrogens (tertiary/aromatic N) is 1. The molecule has 1 N–H and O–H groups in total. The normalized spacial score (nSPS) is 43.6. The van der Waals surface area contributed by atoms with E-state index in [0.29, 0.717) is 17.5 Å². The van der Waals surface area contributed by atoms with Crippen molar-refractivity contribution in [1.29, 1.82) is 0 Å². The lowest BCUT2D eigenvalue weighted by atomic mass is 9.44. The summed E-state index contributed by atoms with van der Waals surface area (Å²) in [5.74, 6) is -3.63. The predicted octanol–water partition coefficient (Wildman–Crippen LogP) is 5.10. The van der Waals surface area contributed by atoms with Gasteiger partial charge in [-0.05, 0) is 68.5 Å². The van der Waals surface area contributed by atoms with E-state index in [2.05, 4.69) is 4.98 Å². The second-order valence-corrected chi connectivity index (χ2v) is 13.2. The standard InChI is InChI=1S/C27H30F3NO5S2/c1-13-7-16-17-9-19(29)18-8-15(32)5-6-24(18,3)26(17,30)20(33)10-25(16,4)27(13,23(35)37-11-28)36-22(34)21-14(2)31-12-38-21/h5-6,8,12-13,16-17,19-20,33H,7,9-11H2,1-4H3/t13-,16+,17+,19+,20+,24+,25+,26+,27-/m1/s1. The minimum Gasteiger partial charge on any atom is -0.445 e. The number of aryl methyl sites for hydroxylation is 1. The summed E-state index contributed by atoms with van der Waals surface area (Å²) in [6.45, 7) is 6.48. The Balaban J connectivity index is 1.64. The van der Waals surface area contributed by atoms with Crippen molar-refractivity contribution in [2.45, 2.75) is 70.5 Å². The highest BCUT2D eigenvalue weighted by molar-refractivity contribution is 8.13. The molecule has 206 valence electrons. The molecule has 0 bridgehead atoms. The van der Waals surface area contributed by atoms with E-state index in [1.807, 2.05) is 0 Å². The zero-order chi connectivity index (χ0) is 27.8. The van der Waals surface area contributed by atoms with Crippen molar-refractivity contribution in [2.24, 2.45) is 28.6 Å². The largest absolute Gasteiger partial charge is 0.445 e. The highest BCUT2D eigenvalue weighted by Crippen LogP contribution is 2.72. The van der Waals surface area contributed by atoms with Crippen LogP contribution in [0.25, 0.3) is 0 Å². The van der Waals surface area contributed by atoms with Crippen LogP contribution in [0.4, 0.5) is 13.2 Å². The Morgan fingerprint density at radius 2 is 2.00 bits per heavy atom. The van der Waals surface area contributed by atoms with Gasteiger partial charge in [-0.1, -0.05) is 19.9 Å². The lowest BCUT2D eigenvalue weighted by Crippen LogP contribution is -2.70. The Morgan fingerprint density at radius 3 is 2.63 bits per heavy atom. The number of thioether (sulfide) groups is 1. The topological polar surface area (TPSA) is 93.6 Å². The average molecular weight is 570 g/mol. The van der Waals surface area contributed by atoms with Crippen molar-refractivity contribution in [2.75, 3.05) is 6.01 Å². The van der Waals surface area contributed by atoms with Crippen LogP contribution in [-0.4, -0.2) is 56.5 Å². The number of ether oxygens (including phenoxy) is 1. The van der Waals surface area contributed by atoms with E-state index in [1.165, 1.54) is 24.6 Å². The van der Waals surface area contributed by atoms with Crippen molar-refractivity contribution < 1.29 is 37.4 Å². The Labute approximate surface area is 227 Å². The van der Waals surface area contributed by atoms with E-state index in [9.17, 15) is 23.9 Å². The first-order chi connectivity index (χ1) is 17.8. The highest BCUT2D eigenvalue weighted by atomic mass is 32.2. The number of halogens is 3. The molecule has 1 heterocycles. The molecule has 3 saturated carbocycles. The van der Waals surface area contributed by atoms with E-state index < -0.39 is 75.0 Å². The molecule has 4 aliphatic rings. The number of carbonyl (C=O) groups excluding carboxylic acids is 3. The van der Waals surface area contributed by atoms with Gasteiger partial charge in [-0.25, -0.2) is 22.9 Å². The van der Waals surface area contributed by atoms with Crippen molar-refractivity contribution in [3.8, 4) is 0 Å². The van der Waals surface area contributed by atoms with E-state index in [4.69, 9.17) is 4.74 Å². The number of carbonyl (C=O) groups is 3. The SMILES string of the molecule is Cc1ncsc1C(=O)O[C@@]1(C(=O)SCF)[C@H](C)C[C@H]2[C@@H]3C[C@H](F)C4=CC(=O)C=C[C@]4(C)[C@@]3(F)[C@@H](O)C[C@@]21C. The summed E-state index contributed by atoms with van der Waals surface area (Å²) >= 11 is 1.42. The van der Waals surface area contributed by atoms with E-state index in [1.54, 1.807) is 20.8 Å². The first-order valence-corrected chi connectivity index (χ1v) is 14.5. The number of alkyl halides is 3. The van der Waals surface area contributed by atoms with E-state index in [0.717, 1.165) is 17.4 Å².